The van der Waals surface area contributed by atoms with Gasteiger partial charge in [0.05, 0.1) is 0 Å². The standard InChI is InChI=1S/C18H26N4O2/c1-12(2)9-15-4-3-13(11-20-15)10-19-14-5-7-18(8-6-14)16(23)21-17(24)22-18/h3-4,11-12,14,19H,5-10H2,1-2H3,(H2,21,22,23,24). The Balaban J connectivity index is 1.47. The maximum Gasteiger partial charge on any atom is 0.322 e. The van der Waals surface area contributed by atoms with Crippen molar-refractivity contribution in [3.63, 3.8) is 0 Å². The van der Waals surface area contributed by atoms with Crippen molar-refractivity contribution in [2.24, 2.45) is 5.92 Å². The number of amides is 3. The number of hydrogen-bond acceptors (Lipinski definition) is 4. The summed E-state index contributed by atoms with van der Waals surface area (Å²) in [5.41, 5.74) is 1.64. The van der Waals surface area contributed by atoms with Crippen LogP contribution in [0.25, 0.3) is 0 Å². The van der Waals surface area contributed by atoms with Crippen LogP contribution in [0.4, 0.5) is 4.79 Å². The Morgan fingerprint density at radius 2 is 2.04 bits per heavy atom. The molecule has 1 saturated carbocycles. The normalized spacial score (nSPS) is 26.7. The lowest BCUT2D eigenvalue weighted by atomic mass is 9.79. The van der Waals surface area contributed by atoms with Crippen LogP contribution in [0.3, 0.4) is 0 Å². The van der Waals surface area contributed by atoms with Gasteiger partial charge in [0.25, 0.3) is 5.91 Å². The first-order valence-corrected chi connectivity index (χ1v) is 8.78. The molecule has 1 aromatic heterocycles. The summed E-state index contributed by atoms with van der Waals surface area (Å²) >= 11 is 0. The van der Waals surface area contributed by atoms with Gasteiger partial charge >= 0.3 is 6.03 Å². The summed E-state index contributed by atoms with van der Waals surface area (Å²) in [5.74, 6) is 0.445. The third-order valence-corrected chi connectivity index (χ3v) is 4.95. The lowest BCUT2D eigenvalue weighted by molar-refractivity contribution is -0.125. The van der Waals surface area contributed by atoms with Gasteiger partial charge in [-0.15, -0.1) is 0 Å². The molecule has 2 aliphatic rings. The molecule has 1 saturated heterocycles. The molecule has 0 atom stereocenters. The highest BCUT2D eigenvalue weighted by molar-refractivity contribution is 6.07. The maximum atomic E-state index is 11.9. The van der Waals surface area contributed by atoms with E-state index >= 15 is 0 Å². The van der Waals surface area contributed by atoms with E-state index in [1.807, 2.05) is 6.20 Å². The first-order chi connectivity index (χ1) is 11.5. The number of imide groups is 1. The summed E-state index contributed by atoms with van der Waals surface area (Å²) in [4.78, 5) is 27.8. The number of aromatic nitrogens is 1. The van der Waals surface area contributed by atoms with Crippen LogP contribution in [0.5, 0.6) is 0 Å². The van der Waals surface area contributed by atoms with E-state index in [0.29, 0.717) is 24.8 Å². The van der Waals surface area contributed by atoms with Crippen LogP contribution >= 0.6 is 0 Å². The highest BCUT2D eigenvalue weighted by atomic mass is 16.2. The van der Waals surface area contributed by atoms with Crippen molar-refractivity contribution < 1.29 is 9.59 Å². The van der Waals surface area contributed by atoms with Crippen molar-refractivity contribution >= 4 is 11.9 Å². The highest BCUT2D eigenvalue weighted by Crippen LogP contribution is 2.31. The van der Waals surface area contributed by atoms with Crippen molar-refractivity contribution in [2.75, 3.05) is 0 Å². The number of nitrogens with one attached hydrogen (secondary N) is 3. The summed E-state index contributed by atoms with van der Waals surface area (Å²) in [7, 11) is 0. The van der Waals surface area contributed by atoms with E-state index in [2.05, 4.69) is 46.9 Å². The van der Waals surface area contributed by atoms with Gasteiger partial charge in [0, 0.05) is 24.5 Å². The van der Waals surface area contributed by atoms with Gasteiger partial charge in [0.2, 0.25) is 0 Å². The SMILES string of the molecule is CC(C)Cc1ccc(CNC2CCC3(CC2)NC(=O)NC3=O)cn1. The van der Waals surface area contributed by atoms with Crippen molar-refractivity contribution in [3.05, 3.63) is 29.6 Å². The zero-order valence-electron chi connectivity index (χ0n) is 14.4. The van der Waals surface area contributed by atoms with E-state index < -0.39 is 5.54 Å². The van der Waals surface area contributed by atoms with E-state index in [-0.39, 0.29) is 11.9 Å². The molecule has 1 aliphatic carbocycles. The molecule has 1 spiro atoms. The zero-order chi connectivity index (χ0) is 17.2. The summed E-state index contributed by atoms with van der Waals surface area (Å²) in [6, 6.07) is 4.24. The van der Waals surface area contributed by atoms with Gasteiger partial charge in [-0.25, -0.2) is 4.79 Å². The summed E-state index contributed by atoms with van der Waals surface area (Å²) < 4.78 is 0. The van der Waals surface area contributed by atoms with Crippen LogP contribution in [0.2, 0.25) is 0 Å². The predicted molar refractivity (Wildman–Crippen MR) is 91.3 cm³/mol. The fourth-order valence-corrected chi connectivity index (χ4v) is 3.56. The van der Waals surface area contributed by atoms with Gasteiger partial charge in [0.15, 0.2) is 0 Å². The number of hydrogen-bond donors (Lipinski definition) is 3. The summed E-state index contributed by atoms with van der Waals surface area (Å²) in [6.07, 6.45) is 6.09. The molecule has 0 aromatic carbocycles. The number of pyridine rings is 1. The molecule has 1 aliphatic heterocycles. The summed E-state index contributed by atoms with van der Waals surface area (Å²) in [6.45, 7) is 5.17. The lowest BCUT2D eigenvalue weighted by Crippen LogP contribution is -2.52. The quantitative estimate of drug-likeness (QED) is 0.720. The Hall–Kier alpha value is -1.95. The molecule has 1 aromatic rings. The monoisotopic (exact) mass is 330 g/mol. The minimum Gasteiger partial charge on any atom is -0.323 e. The van der Waals surface area contributed by atoms with Crippen LogP contribution in [-0.4, -0.2) is 28.5 Å². The average Bonchev–Trinajstić information content (AvgIpc) is 2.81. The third-order valence-electron chi connectivity index (χ3n) is 4.95. The smallest absolute Gasteiger partial charge is 0.322 e. The number of urea groups is 1. The largest absolute Gasteiger partial charge is 0.323 e. The number of carbonyl (C=O) groups is 2. The second kappa shape index (κ2) is 6.89. The van der Waals surface area contributed by atoms with Crippen molar-refractivity contribution in [2.45, 2.75) is 64.1 Å². The molecule has 0 bridgehead atoms. The lowest BCUT2D eigenvalue weighted by Gasteiger charge is -2.35. The average molecular weight is 330 g/mol. The second-order valence-electron chi connectivity index (χ2n) is 7.40. The minimum atomic E-state index is -0.671. The first kappa shape index (κ1) is 16.9. The second-order valence-corrected chi connectivity index (χ2v) is 7.40. The molecule has 2 fully saturated rings. The number of carbonyl (C=O) groups excluding carboxylic acids is 2. The molecule has 24 heavy (non-hydrogen) atoms. The molecule has 3 amide bonds. The molecule has 130 valence electrons. The Labute approximate surface area is 142 Å². The fourth-order valence-electron chi connectivity index (χ4n) is 3.56. The molecule has 3 rings (SSSR count). The Bertz CT molecular complexity index is 604. The molecule has 0 radical (unpaired) electrons. The maximum absolute atomic E-state index is 11.9. The zero-order valence-corrected chi connectivity index (χ0v) is 14.4. The number of rotatable bonds is 5. The molecular weight excluding hydrogens is 304 g/mol. The van der Waals surface area contributed by atoms with Gasteiger partial charge in [0.1, 0.15) is 5.54 Å². The van der Waals surface area contributed by atoms with E-state index in [1.54, 1.807) is 0 Å². The summed E-state index contributed by atoms with van der Waals surface area (Å²) in [5, 5.41) is 8.69. The van der Waals surface area contributed by atoms with Crippen LogP contribution in [0.15, 0.2) is 18.3 Å². The number of nitrogens with zero attached hydrogens (tertiary/aromatic N) is 1. The first-order valence-electron chi connectivity index (χ1n) is 8.78. The van der Waals surface area contributed by atoms with Crippen molar-refractivity contribution in [1.29, 1.82) is 0 Å². The van der Waals surface area contributed by atoms with Gasteiger partial charge in [-0.1, -0.05) is 19.9 Å². The molecule has 3 N–H and O–H groups in total. The van der Waals surface area contributed by atoms with Gasteiger partial charge in [-0.2, -0.15) is 0 Å². The van der Waals surface area contributed by atoms with Crippen molar-refractivity contribution in [3.8, 4) is 0 Å². The topological polar surface area (TPSA) is 83.1 Å². The van der Waals surface area contributed by atoms with E-state index in [1.165, 1.54) is 5.56 Å². The predicted octanol–water partition coefficient (Wildman–Crippen LogP) is 1.89. The van der Waals surface area contributed by atoms with E-state index in [0.717, 1.165) is 31.5 Å². The highest BCUT2D eigenvalue weighted by Gasteiger charge is 2.47. The Kier molecular flexibility index (Phi) is 4.85. The van der Waals surface area contributed by atoms with Crippen LogP contribution in [-0.2, 0) is 17.8 Å². The van der Waals surface area contributed by atoms with Gasteiger partial charge in [-0.3, -0.25) is 15.1 Å². The third kappa shape index (κ3) is 3.75. The Morgan fingerprint density at radius 1 is 1.29 bits per heavy atom. The van der Waals surface area contributed by atoms with Crippen LogP contribution in [0, 0.1) is 5.92 Å². The molecule has 0 unspecified atom stereocenters. The fraction of sp³-hybridized carbons (Fsp3) is 0.611. The van der Waals surface area contributed by atoms with Gasteiger partial charge in [-0.05, 0) is 49.7 Å². The van der Waals surface area contributed by atoms with Crippen molar-refractivity contribution in [1.82, 2.24) is 20.9 Å². The molecule has 6 nitrogen and oxygen atoms in total. The molecule has 2 heterocycles. The van der Waals surface area contributed by atoms with E-state index in [9.17, 15) is 9.59 Å². The molecule has 6 heteroatoms. The van der Waals surface area contributed by atoms with Gasteiger partial charge < -0.3 is 10.6 Å². The van der Waals surface area contributed by atoms with E-state index in [4.69, 9.17) is 0 Å². The molecular formula is C18H26N4O2. The van der Waals surface area contributed by atoms with Crippen LogP contribution in [0.1, 0.15) is 50.8 Å². The van der Waals surface area contributed by atoms with Crippen LogP contribution < -0.4 is 16.0 Å². The Morgan fingerprint density at radius 3 is 2.58 bits per heavy atom. The minimum absolute atomic E-state index is 0.170.